The van der Waals surface area contributed by atoms with Crippen LogP contribution in [-0.4, -0.2) is 50.8 Å². The summed E-state index contributed by atoms with van der Waals surface area (Å²) in [5.74, 6) is -2.49. The second-order valence-electron chi connectivity index (χ2n) is 7.92. The van der Waals surface area contributed by atoms with Gasteiger partial charge in [-0.15, -0.1) is 0 Å². The van der Waals surface area contributed by atoms with Gasteiger partial charge in [-0.2, -0.15) is 0 Å². The first kappa shape index (κ1) is 23.4. The third kappa shape index (κ3) is 4.96. The number of amides is 2. The summed E-state index contributed by atoms with van der Waals surface area (Å²) in [5.41, 5.74) is 1.42. The minimum atomic E-state index is -1.23. The molecule has 0 aliphatic carbocycles. The summed E-state index contributed by atoms with van der Waals surface area (Å²) < 4.78 is 0. The summed E-state index contributed by atoms with van der Waals surface area (Å²) in [4.78, 5) is 39.6. The number of oxime groups is 1. The van der Waals surface area contributed by atoms with Crippen molar-refractivity contribution in [1.82, 2.24) is 10.2 Å². The highest BCUT2D eigenvalue weighted by Crippen LogP contribution is 2.33. The number of likely N-dealkylation sites (tertiary alicyclic amines) is 1. The van der Waals surface area contributed by atoms with Gasteiger partial charge in [0.1, 0.15) is 6.04 Å². The van der Waals surface area contributed by atoms with E-state index >= 15 is 0 Å². The summed E-state index contributed by atoms with van der Waals surface area (Å²) >= 11 is 0. The summed E-state index contributed by atoms with van der Waals surface area (Å²) in [7, 11) is 0. The van der Waals surface area contributed by atoms with E-state index in [1.165, 1.54) is 4.90 Å². The lowest BCUT2D eigenvalue weighted by Gasteiger charge is -2.48. The molecule has 176 valence electrons. The van der Waals surface area contributed by atoms with E-state index in [0.29, 0.717) is 11.1 Å². The van der Waals surface area contributed by atoms with Crippen molar-refractivity contribution in [3.8, 4) is 0 Å². The topological polar surface area (TPSA) is 119 Å². The lowest BCUT2D eigenvalue weighted by atomic mass is 9.88. The van der Waals surface area contributed by atoms with Crippen molar-refractivity contribution >= 4 is 29.6 Å². The minimum absolute atomic E-state index is 0.250. The Hall–Kier alpha value is -4.72. The predicted molar refractivity (Wildman–Crippen MR) is 130 cm³/mol. The number of carbonyl (C=O) groups is 3. The highest BCUT2D eigenvalue weighted by molar-refractivity contribution is 6.45. The summed E-state index contributed by atoms with van der Waals surface area (Å²) in [6.07, 6.45) is 3.46. The van der Waals surface area contributed by atoms with E-state index < -0.39 is 35.9 Å². The lowest BCUT2D eigenvalue weighted by Crippen LogP contribution is -2.71. The minimum Gasteiger partial charge on any atom is -0.479 e. The van der Waals surface area contributed by atoms with Crippen molar-refractivity contribution in [2.75, 3.05) is 0 Å². The van der Waals surface area contributed by atoms with Gasteiger partial charge < -0.3 is 20.5 Å². The van der Waals surface area contributed by atoms with Crippen LogP contribution in [0.1, 0.15) is 22.7 Å². The molecule has 0 spiro atoms. The zero-order valence-corrected chi connectivity index (χ0v) is 18.6. The molecule has 0 bridgehead atoms. The van der Waals surface area contributed by atoms with Gasteiger partial charge >= 0.3 is 5.97 Å². The van der Waals surface area contributed by atoms with Crippen molar-refractivity contribution in [1.29, 1.82) is 0 Å². The number of nitrogens with one attached hydrogen (secondary N) is 1. The van der Waals surface area contributed by atoms with Crippen molar-refractivity contribution in [2.24, 2.45) is 5.16 Å². The number of nitrogens with zero attached hydrogens (tertiary/aromatic N) is 2. The van der Waals surface area contributed by atoms with Crippen LogP contribution in [0.25, 0.3) is 6.08 Å². The summed E-state index contributed by atoms with van der Waals surface area (Å²) in [6, 6.07) is 23.1. The number of hydrogen-bond donors (Lipinski definition) is 3. The summed E-state index contributed by atoms with van der Waals surface area (Å²) in [6.45, 7) is 0. The number of carbonyl (C=O) groups excluding carboxylic acids is 2. The maximum Gasteiger partial charge on any atom is 0.331 e. The van der Waals surface area contributed by atoms with Gasteiger partial charge in [0.25, 0.3) is 5.91 Å². The number of carboxylic acids is 1. The average Bonchev–Trinajstić information content (AvgIpc) is 2.89. The van der Waals surface area contributed by atoms with Crippen molar-refractivity contribution in [2.45, 2.75) is 18.1 Å². The quantitative estimate of drug-likeness (QED) is 0.203. The molecule has 35 heavy (non-hydrogen) atoms. The molecule has 1 aliphatic heterocycles. The molecule has 3 aromatic rings. The molecular formula is C27H23N3O5. The lowest BCUT2D eigenvalue weighted by molar-refractivity contribution is -0.164. The number of benzene rings is 3. The largest absolute Gasteiger partial charge is 0.479 e. The van der Waals surface area contributed by atoms with E-state index in [2.05, 4.69) is 10.5 Å². The van der Waals surface area contributed by atoms with Crippen LogP contribution in [-0.2, 0) is 14.4 Å². The number of hydrogen-bond acceptors (Lipinski definition) is 5. The second kappa shape index (κ2) is 10.5. The Kier molecular flexibility index (Phi) is 7.02. The molecule has 8 nitrogen and oxygen atoms in total. The molecule has 3 N–H and O–H groups in total. The molecule has 2 amide bonds. The maximum atomic E-state index is 13.2. The van der Waals surface area contributed by atoms with Gasteiger partial charge in [0.05, 0.1) is 6.04 Å². The van der Waals surface area contributed by atoms with Crippen molar-refractivity contribution in [3.63, 3.8) is 0 Å². The van der Waals surface area contributed by atoms with Crippen molar-refractivity contribution < 1.29 is 24.7 Å². The monoisotopic (exact) mass is 469 g/mol. The molecule has 1 fully saturated rings. The molecule has 1 unspecified atom stereocenters. The number of carboxylic acid groups (broad SMARTS) is 1. The second-order valence-corrected chi connectivity index (χ2v) is 7.92. The fraction of sp³-hybridized carbons (Fsp3) is 0.111. The molecule has 3 aromatic carbocycles. The fourth-order valence-corrected chi connectivity index (χ4v) is 4.05. The highest BCUT2D eigenvalue weighted by atomic mass is 16.4. The van der Waals surface area contributed by atoms with Crippen molar-refractivity contribution in [3.05, 3.63) is 114 Å². The van der Waals surface area contributed by atoms with E-state index in [1.54, 1.807) is 72.8 Å². The Labute approximate surface area is 201 Å². The molecule has 1 aliphatic rings. The van der Waals surface area contributed by atoms with Crippen LogP contribution in [0.3, 0.4) is 0 Å². The van der Waals surface area contributed by atoms with Crippen LogP contribution in [0, 0.1) is 0 Å². The van der Waals surface area contributed by atoms with E-state index in [4.69, 9.17) is 0 Å². The molecule has 1 heterocycles. The molecular weight excluding hydrogens is 446 g/mol. The molecule has 4 rings (SSSR count). The molecule has 8 heteroatoms. The summed E-state index contributed by atoms with van der Waals surface area (Å²) in [5, 5.41) is 25.1. The molecule has 1 saturated heterocycles. The van der Waals surface area contributed by atoms with Crippen LogP contribution in [0.5, 0.6) is 0 Å². The average molecular weight is 469 g/mol. The smallest absolute Gasteiger partial charge is 0.331 e. The highest BCUT2D eigenvalue weighted by Gasteiger charge is 2.52. The first-order valence-electron chi connectivity index (χ1n) is 10.9. The Balaban J connectivity index is 1.64. The van der Waals surface area contributed by atoms with E-state index in [-0.39, 0.29) is 5.71 Å². The molecule has 3 atom stereocenters. The first-order chi connectivity index (χ1) is 17.0. The zero-order valence-electron chi connectivity index (χ0n) is 18.6. The van der Waals surface area contributed by atoms with Gasteiger partial charge in [0, 0.05) is 5.56 Å². The Bertz CT molecular complexity index is 1260. The van der Waals surface area contributed by atoms with Gasteiger partial charge in [-0.05, 0) is 11.1 Å². The van der Waals surface area contributed by atoms with Gasteiger partial charge in [0.2, 0.25) is 5.91 Å². The van der Waals surface area contributed by atoms with E-state index in [1.807, 2.05) is 30.3 Å². The Morgan fingerprint density at radius 3 is 2.06 bits per heavy atom. The van der Waals surface area contributed by atoms with Crippen LogP contribution < -0.4 is 5.32 Å². The SMILES string of the molecule is O=C(N[C@H]1C(=O)N(C(C(=O)O)c2ccccc2)[C@@H]1C=Cc1ccccc1)C(=NO)c1ccccc1. The van der Waals surface area contributed by atoms with Gasteiger partial charge in [-0.3, -0.25) is 9.59 Å². The molecule has 0 aromatic heterocycles. The first-order valence-corrected chi connectivity index (χ1v) is 10.9. The Morgan fingerprint density at radius 2 is 1.49 bits per heavy atom. The van der Waals surface area contributed by atoms with E-state index in [9.17, 15) is 24.7 Å². The normalized spacial score (nSPS) is 18.7. The van der Waals surface area contributed by atoms with Crippen LogP contribution >= 0.6 is 0 Å². The zero-order chi connectivity index (χ0) is 24.8. The predicted octanol–water partition coefficient (Wildman–Crippen LogP) is 3.10. The number of rotatable bonds is 8. The molecule has 0 radical (unpaired) electrons. The van der Waals surface area contributed by atoms with Crippen LogP contribution in [0.4, 0.5) is 0 Å². The van der Waals surface area contributed by atoms with Gasteiger partial charge in [0.15, 0.2) is 11.8 Å². The third-order valence-electron chi connectivity index (χ3n) is 5.74. The molecule has 0 saturated carbocycles. The van der Waals surface area contributed by atoms with E-state index in [0.717, 1.165) is 5.56 Å². The van der Waals surface area contributed by atoms with Crippen LogP contribution in [0.2, 0.25) is 0 Å². The van der Waals surface area contributed by atoms with Gasteiger partial charge in [-0.1, -0.05) is 108 Å². The third-order valence-corrected chi connectivity index (χ3v) is 5.74. The number of aliphatic carboxylic acids is 1. The van der Waals surface area contributed by atoms with Crippen LogP contribution in [0.15, 0.2) is 102 Å². The maximum absolute atomic E-state index is 13.2. The Morgan fingerprint density at radius 1 is 0.914 bits per heavy atom. The number of β-lactam (4-membered cyclic amide) rings is 1. The van der Waals surface area contributed by atoms with Gasteiger partial charge in [-0.25, -0.2) is 4.79 Å². The standard InChI is InChI=1S/C27H23N3O5/c31-25(22(29-35)19-12-6-2-7-13-19)28-23-21(17-16-18-10-4-1-5-11-18)30(26(23)32)24(27(33)34)20-14-8-3-9-15-20/h1-17,21,23-24,35H,(H,28,31)(H,33,34)/t21-,23-,24?/m1/s1. The fourth-order valence-electron chi connectivity index (χ4n) is 4.05.